The van der Waals surface area contributed by atoms with E-state index >= 15 is 0 Å². The molecule has 0 aliphatic rings. The number of hydrogen-bond acceptors (Lipinski definition) is 5. The van der Waals surface area contributed by atoms with Gasteiger partial charge in [0.05, 0.1) is 10.5 Å². The lowest BCUT2D eigenvalue weighted by molar-refractivity contribution is -0.386. The molecule has 1 aromatic heterocycles. The first kappa shape index (κ1) is 15.1. The number of rotatable bonds is 5. The maximum Gasteiger partial charge on any atom is 0.312 e. The number of ether oxygens (including phenoxy) is 1. The third-order valence-electron chi connectivity index (χ3n) is 2.74. The molecular formula is C14H11BrN2O4. The number of nitro groups is 1. The second-order valence-corrected chi connectivity index (χ2v) is 5.17. The lowest BCUT2D eigenvalue weighted by Gasteiger charge is -2.11. The maximum atomic E-state index is 11.7. The van der Waals surface area contributed by atoms with Crippen LogP contribution in [-0.4, -0.2) is 15.7 Å². The summed E-state index contributed by atoms with van der Waals surface area (Å²) < 4.78 is 5.98. The van der Waals surface area contributed by atoms with E-state index in [1.165, 1.54) is 19.1 Å². The summed E-state index contributed by atoms with van der Waals surface area (Å²) in [6.07, 6.45) is 3.20. The topological polar surface area (TPSA) is 82.3 Å². The largest absolute Gasteiger partial charge is 0.481 e. The molecule has 0 N–H and O–H groups in total. The smallest absolute Gasteiger partial charge is 0.312 e. The Balaban J connectivity index is 2.40. The number of halogens is 1. The van der Waals surface area contributed by atoms with Gasteiger partial charge in [0.15, 0.2) is 5.78 Å². The predicted octanol–water partition coefficient (Wildman–Crippen LogP) is 3.53. The molecule has 0 fully saturated rings. The number of pyridine rings is 1. The predicted molar refractivity (Wildman–Crippen MR) is 79.4 cm³/mol. The average Bonchev–Trinajstić information content (AvgIpc) is 2.46. The highest BCUT2D eigenvalue weighted by Crippen LogP contribution is 2.35. The molecule has 0 saturated carbocycles. The van der Waals surface area contributed by atoms with Crippen molar-refractivity contribution >= 4 is 27.4 Å². The maximum absolute atomic E-state index is 11.7. The van der Waals surface area contributed by atoms with Gasteiger partial charge < -0.3 is 4.74 Å². The van der Waals surface area contributed by atoms with Gasteiger partial charge in [0.25, 0.3) is 0 Å². The van der Waals surface area contributed by atoms with Gasteiger partial charge in [-0.2, -0.15) is 0 Å². The van der Waals surface area contributed by atoms with Crippen LogP contribution in [0.25, 0.3) is 0 Å². The van der Waals surface area contributed by atoms with E-state index in [0.29, 0.717) is 4.47 Å². The number of nitro benzene ring substituents is 1. The Morgan fingerprint density at radius 2 is 2.05 bits per heavy atom. The molecule has 0 bridgehead atoms. The first-order valence-corrected chi connectivity index (χ1v) is 6.79. The summed E-state index contributed by atoms with van der Waals surface area (Å²) in [6, 6.07) is 6.29. The van der Waals surface area contributed by atoms with Crippen molar-refractivity contribution in [2.75, 3.05) is 0 Å². The van der Waals surface area contributed by atoms with Crippen molar-refractivity contribution in [3.05, 3.63) is 62.4 Å². The molecule has 0 radical (unpaired) electrons. The van der Waals surface area contributed by atoms with Gasteiger partial charge in [-0.15, -0.1) is 0 Å². The van der Waals surface area contributed by atoms with Crippen molar-refractivity contribution in [1.29, 1.82) is 0 Å². The minimum absolute atomic E-state index is 0.0208. The van der Waals surface area contributed by atoms with Crippen LogP contribution in [0.4, 0.5) is 5.69 Å². The SMILES string of the molecule is CC(=O)c1cc(Br)cc([N+](=O)[O-])c1OCc1ccncc1. The molecule has 1 aromatic carbocycles. The molecule has 21 heavy (non-hydrogen) atoms. The number of hydrogen-bond donors (Lipinski definition) is 0. The van der Waals surface area contributed by atoms with E-state index in [1.54, 1.807) is 24.5 Å². The van der Waals surface area contributed by atoms with Crippen LogP contribution < -0.4 is 4.74 Å². The van der Waals surface area contributed by atoms with Crippen molar-refractivity contribution < 1.29 is 14.5 Å². The molecule has 0 aliphatic heterocycles. The first-order valence-electron chi connectivity index (χ1n) is 5.99. The Labute approximate surface area is 129 Å². The van der Waals surface area contributed by atoms with Crippen molar-refractivity contribution in [1.82, 2.24) is 4.98 Å². The van der Waals surface area contributed by atoms with Gasteiger partial charge in [-0.25, -0.2) is 0 Å². The molecule has 0 unspecified atom stereocenters. The van der Waals surface area contributed by atoms with Crippen molar-refractivity contribution in [2.45, 2.75) is 13.5 Å². The van der Waals surface area contributed by atoms with Crippen LogP contribution in [0.15, 0.2) is 41.1 Å². The first-order chi connectivity index (χ1) is 9.99. The monoisotopic (exact) mass is 350 g/mol. The number of carbonyl (C=O) groups excluding carboxylic acids is 1. The number of nitrogens with zero attached hydrogens (tertiary/aromatic N) is 2. The standard InChI is InChI=1S/C14H11BrN2O4/c1-9(18)12-6-11(15)7-13(17(19)20)14(12)21-8-10-2-4-16-5-3-10/h2-7H,8H2,1H3. The van der Waals surface area contributed by atoms with Gasteiger partial charge in [-0.3, -0.25) is 19.9 Å². The van der Waals surface area contributed by atoms with Crippen LogP contribution in [0.1, 0.15) is 22.8 Å². The van der Waals surface area contributed by atoms with E-state index < -0.39 is 4.92 Å². The number of aromatic nitrogens is 1. The lowest BCUT2D eigenvalue weighted by atomic mass is 10.1. The van der Waals surface area contributed by atoms with E-state index in [4.69, 9.17) is 4.74 Å². The molecule has 7 heteroatoms. The highest BCUT2D eigenvalue weighted by Gasteiger charge is 2.23. The number of benzene rings is 1. The second-order valence-electron chi connectivity index (χ2n) is 4.26. The quantitative estimate of drug-likeness (QED) is 0.468. The number of carbonyl (C=O) groups is 1. The van der Waals surface area contributed by atoms with Gasteiger partial charge >= 0.3 is 5.69 Å². The van der Waals surface area contributed by atoms with Crippen LogP contribution >= 0.6 is 15.9 Å². The highest BCUT2D eigenvalue weighted by atomic mass is 79.9. The fourth-order valence-corrected chi connectivity index (χ4v) is 2.21. The third kappa shape index (κ3) is 3.63. The van der Waals surface area contributed by atoms with Crippen LogP contribution in [0.5, 0.6) is 5.75 Å². The summed E-state index contributed by atoms with van der Waals surface area (Å²) in [6.45, 7) is 1.45. The van der Waals surface area contributed by atoms with Crippen molar-refractivity contribution in [3.63, 3.8) is 0 Å². The zero-order valence-electron chi connectivity index (χ0n) is 11.1. The summed E-state index contributed by atoms with van der Waals surface area (Å²) in [4.78, 5) is 26.1. The van der Waals surface area contributed by atoms with Crippen LogP contribution in [0, 0.1) is 10.1 Å². The minimum Gasteiger partial charge on any atom is -0.481 e. The van der Waals surface area contributed by atoms with Crippen LogP contribution in [-0.2, 0) is 6.61 Å². The molecule has 0 saturated heterocycles. The third-order valence-corrected chi connectivity index (χ3v) is 3.20. The summed E-state index contributed by atoms with van der Waals surface area (Å²) >= 11 is 3.16. The van der Waals surface area contributed by atoms with Gasteiger partial charge in [-0.1, -0.05) is 15.9 Å². The van der Waals surface area contributed by atoms with Gasteiger partial charge in [-0.05, 0) is 30.7 Å². The second kappa shape index (κ2) is 6.45. The van der Waals surface area contributed by atoms with E-state index in [9.17, 15) is 14.9 Å². The average molecular weight is 351 g/mol. The van der Waals surface area contributed by atoms with Gasteiger partial charge in [0.1, 0.15) is 6.61 Å². The van der Waals surface area contributed by atoms with E-state index in [0.717, 1.165) is 5.56 Å². The highest BCUT2D eigenvalue weighted by molar-refractivity contribution is 9.10. The normalized spacial score (nSPS) is 10.2. The fourth-order valence-electron chi connectivity index (χ4n) is 1.76. The van der Waals surface area contributed by atoms with E-state index in [-0.39, 0.29) is 29.4 Å². The molecule has 0 atom stereocenters. The Hall–Kier alpha value is -2.28. The molecule has 1 heterocycles. The molecule has 2 rings (SSSR count). The van der Waals surface area contributed by atoms with E-state index in [2.05, 4.69) is 20.9 Å². The molecule has 0 aliphatic carbocycles. The zero-order valence-corrected chi connectivity index (χ0v) is 12.7. The van der Waals surface area contributed by atoms with Gasteiger partial charge in [0, 0.05) is 22.9 Å². The van der Waals surface area contributed by atoms with Crippen molar-refractivity contribution in [3.8, 4) is 5.75 Å². The molecular weight excluding hydrogens is 340 g/mol. The molecule has 6 nitrogen and oxygen atoms in total. The fraction of sp³-hybridized carbons (Fsp3) is 0.143. The molecule has 2 aromatic rings. The van der Waals surface area contributed by atoms with Gasteiger partial charge in [0.2, 0.25) is 5.75 Å². The molecule has 0 spiro atoms. The summed E-state index contributed by atoms with van der Waals surface area (Å²) in [5.74, 6) is -0.323. The zero-order chi connectivity index (χ0) is 15.4. The summed E-state index contributed by atoms with van der Waals surface area (Å²) in [5, 5.41) is 11.1. The van der Waals surface area contributed by atoms with E-state index in [1.807, 2.05) is 0 Å². The van der Waals surface area contributed by atoms with Crippen molar-refractivity contribution in [2.24, 2.45) is 0 Å². The minimum atomic E-state index is -0.570. The Kier molecular flexibility index (Phi) is 4.64. The number of ketones is 1. The molecule has 0 amide bonds. The van der Waals surface area contributed by atoms with Crippen LogP contribution in [0.2, 0.25) is 0 Å². The summed E-state index contributed by atoms with van der Waals surface area (Å²) in [7, 11) is 0. The number of Topliss-reactive ketones (excluding diaryl/α,β-unsaturated/α-hetero) is 1. The molecule has 108 valence electrons. The Morgan fingerprint density at radius 3 is 2.62 bits per heavy atom. The Morgan fingerprint density at radius 1 is 1.38 bits per heavy atom. The Bertz CT molecular complexity index is 654. The summed E-state index contributed by atoms with van der Waals surface area (Å²) in [5.41, 5.74) is 0.727. The van der Waals surface area contributed by atoms with Crippen LogP contribution in [0.3, 0.4) is 0 Å². The lowest BCUT2D eigenvalue weighted by Crippen LogP contribution is -2.05.